The zero-order valence-electron chi connectivity index (χ0n) is 17.5. The maximum absolute atomic E-state index is 11.5. The Morgan fingerprint density at radius 1 is 0.968 bits per heavy atom. The third kappa shape index (κ3) is 4.50. The number of ether oxygens (including phenoxy) is 1. The molecule has 0 aromatic heterocycles. The zero-order chi connectivity index (χ0) is 21.2. The van der Waals surface area contributed by atoms with Crippen molar-refractivity contribution in [1.29, 1.82) is 0 Å². The van der Waals surface area contributed by atoms with Gasteiger partial charge in [-0.15, -0.1) is 0 Å². The second-order valence-electron chi connectivity index (χ2n) is 8.33. The van der Waals surface area contributed by atoms with Crippen LogP contribution in [0, 0.1) is 0 Å². The van der Waals surface area contributed by atoms with Gasteiger partial charge in [0.2, 0.25) is 5.91 Å². The minimum atomic E-state index is -0.555. The topological polar surface area (TPSA) is 65.0 Å². The Balaban J connectivity index is 1.10. The van der Waals surface area contributed by atoms with E-state index in [1.54, 1.807) is 0 Å². The molecule has 1 fully saturated rings. The highest BCUT2D eigenvalue weighted by atomic mass is 16.5. The molecule has 2 N–H and O–H groups in total. The van der Waals surface area contributed by atoms with Gasteiger partial charge in [-0.2, -0.15) is 0 Å². The number of aliphatic hydroxyl groups excluding tert-OH is 1. The van der Waals surface area contributed by atoms with Crippen molar-refractivity contribution in [2.75, 3.05) is 49.5 Å². The monoisotopic (exact) mass is 417 g/mol. The van der Waals surface area contributed by atoms with E-state index in [1.807, 2.05) is 18.2 Å². The summed E-state index contributed by atoms with van der Waals surface area (Å²) >= 11 is 0. The van der Waals surface area contributed by atoms with Gasteiger partial charge in [-0.3, -0.25) is 9.69 Å². The molecule has 5 rings (SSSR count). The van der Waals surface area contributed by atoms with Gasteiger partial charge < -0.3 is 20.1 Å². The first-order chi connectivity index (χ1) is 15.1. The first-order valence-electron chi connectivity index (χ1n) is 10.8. The summed E-state index contributed by atoms with van der Waals surface area (Å²) in [6, 6.07) is 20.6. The molecule has 0 bridgehead atoms. The van der Waals surface area contributed by atoms with E-state index in [1.165, 1.54) is 16.5 Å². The molecule has 0 saturated carbocycles. The average molecular weight is 418 g/mol. The summed E-state index contributed by atoms with van der Waals surface area (Å²) in [7, 11) is 0. The van der Waals surface area contributed by atoms with Crippen LogP contribution in [-0.2, 0) is 11.2 Å². The van der Waals surface area contributed by atoms with Crippen molar-refractivity contribution in [1.82, 2.24) is 4.90 Å². The van der Waals surface area contributed by atoms with Crippen LogP contribution in [0.5, 0.6) is 5.75 Å². The molecule has 1 amide bonds. The van der Waals surface area contributed by atoms with Crippen molar-refractivity contribution < 1.29 is 14.6 Å². The lowest BCUT2D eigenvalue weighted by atomic mass is 10.1. The first kappa shape index (κ1) is 19.8. The van der Waals surface area contributed by atoms with E-state index >= 15 is 0 Å². The number of β-amino-alcohol motifs (C(OH)–C–C–N with tert-alkyl or cyclic N) is 1. The predicted octanol–water partition coefficient (Wildman–Crippen LogP) is 2.90. The highest BCUT2D eigenvalue weighted by molar-refractivity contribution is 5.99. The number of benzene rings is 3. The zero-order valence-corrected chi connectivity index (χ0v) is 17.5. The lowest BCUT2D eigenvalue weighted by molar-refractivity contribution is -0.115. The summed E-state index contributed by atoms with van der Waals surface area (Å²) in [4.78, 5) is 16.2. The molecule has 3 aromatic rings. The number of nitrogens with one attached hydrogen (secondary N) is 1. The fourth-order valence-electron chi connectivity index (χ4n) is 4.40. The second kappa shape index (κ2) is 8.57. The Labute approximate surface area is 182 Å². The Bertz CT molecular complexity index is 1090. The molecule has 0 aliphatic carbocycles. The first-order valence-corrected chi connectivity index (χ1v) is 10.8. The number of carbonyl (C=O) groups is 1. The molecule has 31 heavy (non-hydrogen) atoms. The molecular weight excluding hydrogens is 390 g/mol. The van der Waals surface area contributed by atoms with Gasteiger partial charge in [0.25, 0.3) is 0 Å². The number of hydrogen-bond acceptors (Lipinski definition) is 5. The van der Waals surface area contributed by atoms with Crippen LogP contribution in [0.15, 0.2) is 60.7 Å². The summed E-state index contributed by atoms with van der Waals surface area (Å²) in [6.07, 6.45) is -0.170. The van der Waals surface area contributed by atoms with E-state index < -0.39 is 6.10 Å². The summed E-state index contributed by atoms with van der Waals surface area (Å²) < 4.78 is 5.78. The molecule has 2 aliphatic heterocycles. The van der Waals surface area contributed by atoms with Gasteiger partial charge in [0.05, 0.1) is 6.42 Å². The van der Waals surface area contributed by atoms with Crippen LogP contribution in [0.3, 0.4) is 0 Å². The van der Waals surface area contributed by atoms with Crippen LogP contribution in [-0.4, -0.2) is 61.3 Å². The Kier molecular flexibility index (Phi) is 5.49. The number of aliphatic hydroxyl groups is 1. The molecule has 1 atom stereocenters. The number of piperazine rings is 1. The van der Waals surface area contributed by atoms with Crippen molar-refractivity contribution >= 4 is 28.1 Å². The largest absolute Gasteiger partial charge is 0.491 e. The van der Waals surface area contributed by atoms with E-state index in [9.17, 15) is 9.90 Å². The summed E-state index contributed by atoms with van der Waals surface area (Å²) in [5, 5.41) is 15.8. The van der Waals surface area contributed by atoms with Crippen LogP contribution in [0.25, 0.3) is 10.8 Å². The third-order valence-electron chi connectivity index (χ3n) is 6.08. The highest BCUT2D eigenvalue weighted by Crippen LogP contribution is 2.27. The van der Waals surface area contributed by atoms with Gasteiger partial charge >= 0.3 is 0 Å². The Hall–Kier alpha value is -3.09. The molecule has 2 aliphatic rings. The van der Waals surface area contributed by atoms with Gasteiger partial charge in [0.15, 0.2) is 0 Å². The maximum Gasteiger partial charge on any atom is 0.228 e. The Morgan fingerprint density at radius 2 is 1.77 bits per heavy atom. The molecule has 0 unspecified atom stereocenters. The Morgan fingerprint density at radius 3 is 2.61 bits per heavy atom. The normalized spacial score (nSPS) is 17.5. The molecule has 1 saturated heterocycles. The minimum Gasteiger partial charge on any atom is -0.491 e. The highest BCUT2D eigenvalue weighted by Gasteiger charge is 2.21. The van der Waals surface area contributed by atoms with Crippen molar-refractivity contribution in [3.05, 3.63) is 66.2 Å². The molecule has 160 valence electrons. The van der Waals surface area contributed by atoms with Crippen molar-refractivity contribution in [2.24, 2.45) is 0 Å². The second-order valence-corrected chi connectivity index (χ2v) is 8.33. The van der Waals surface area contributed by atoms with Gasteiger partial charge in [-0.1, -0.05) is 30.3 Å². The molecule has 2 heterocycles. The summed E-state index contributed by atoms with van der Waals surface area (Å²) in [6.45, 7) is 4.55. The molecule has 3 aromatic carbocycles. The number of fused-ring (bicyclic) bond motifs is 2. The number of hydrogen-bond donors (Lipinski definition) is 2. The fraction of sp³-hybridized carbons (Fsp3) is 0.320. The van der Waals surface area contributed by atoms with E-state index in [0.29, 0.717) is 18.7 Å². The van der Waals surface area contributed by atoms with Crippen molar-refractivity contribution in [3.8, 4) is 5.75 Å². The SMILES string of the molecule is O=C1Cc2cc(OC[C@H](O)CN3CCN(c4ccc5ccccc5c4)CC3)ccc2N1. The third-order valence-corrected chi connectivity index (χ3v) is 6.08. The van der Waals surface area contributed by atoms with Crippen LogP contribution in [0.1, 0.15) is 5.56 Å². The average Bonchev–Trinajstić information content (AvgIpc) is 3.17. The number of amides is 1. The van der Waals surface area contributed by atoms with Gasteiger partial charge in [-0.25, -0.2) is 0 Å². The lowest BCUT2D eigenvalue weighted by Crippen LogP contribution is -2.49. The standard InChI is InChI=1S/C25H27N3O3/c29-22(17-31-23-7-8-24-20(14-23)15-25(30)26-24)16-27-9-11-28(12-10-27)21-6-5-18-3-1-2-4-19(18)13-21/h1-8,13-14,22,29H,9-12,15-17H2,(H,26,30)/t22-/m1/s1. The molecule has 6 heteroatoms. The number of nitrogens with zero attached hydrogens (tertiary/aromatic N) is 2. The number of carbonyl (C=O) groups excluding carboxylic acids is 1. The van der Waals surface area contributed by atoms with E-state index in [4.69, 9.17) is 4.74 Å². The van der Waals surface area contributed by atoms with E-state index in [-0.39, 0.29) is 12.5 Å². The lowest BCUT2D eigenvalue weighted by Gasteiger charge is -2.37. The van der Waals surface area contributed by atoms with Crippen molar-refractivity contribution in [3.63, 3.8) is 0 Å². The molecule has 0 spiro atoms. The maximum atomic E-state index is 11.5. The van der Waals surface area contributed by atoms with Crippen molar-refractivity contribution in [2.45, 2.75) is 12.5 Å². The smallest absolute Gasteiger partial charge is 0.228 e. The van der Waals surface area contributed by atoms with E-state index in [2.05, 4.69) is 57.6 Å². The number of anilines is 2. The van der Waals surface area contributed by atoms with Crippen LogP contribution in [0.2, 0.25) is 0 Å². The minimum absolute atomic E-state index is 0.00927. The predicted molar refractivity (Wildman–Crippen MR) is 123 cm³/mol. The van der Waals surface area contributed by atoms with E-state index in [0.717, 1.165) is 37.4 Å². The van der Waals surface area contributed by atoms with Gasteiger partial charge in [0, 0.05) is 44.1 Å². The van der Waals surface area contributed by atoms with Crippen LogP contribution >= 0.6 is 0 Å². The summed E-state index contributed by atoms with van der Waals surface area (Å²) in [5.41, 5.74) is 3.05. The number of rotatable bonds is 6. The fourth-order valence-corrected chi connectivity index (χ4v) is 4.40. The molecule has 0 radical (unpaired) electrons. The van der Waals surface area contributed by atoms with Crippen LogP contribution in [0.4, 0.5) is 11.4 Å². The van der Waals surface area contributed by atoms with Gasteiger partial charge in [-0.05, 0) is 46.7 Å². The summed E-state index contributed by atoms with van der Waals surface area (Å²) in [5.74, 6) is 0.699. The van der Waals surface area contributed by atoms with Crippen LogP contribution < -0.4 is 15.0 Å². The molecule has 6 nitrogen and oxygen atoms in total. The molecular formula is C25H27N3O3. The van der Waals surface area contributed by atoms with Gasteiger partial charge in [0.1, 0.15) is 18.5 Å². The quantitative estimate of drug-likeness (QED) is 0.646.